The van der Waals surface area contributed by atoms with Gasteiger partial charge in [-0.15, -0.1) is 0 Å². The molecule has 130 valence electrons. The van der Waals surface area contributed by atoms with Gasteiger partial charge in [0.15, 0.2) is 0 Å². The van der Waals surface area contributed by atoms with Gasteiger partial charge >= 0.3 is 0 Å². The van der Waals surface area contributed by atoms with Crippen molar-refractivity contribution in [1.29, 1.82) is 0 Å². The van der Waals surface area contributed by atoms with Gasteiger partial charge in [0.25, 0.3) is 0 Å². The smallest absolute Gasteiger partial charge is 0.244 e. The average Bonchev–Trinajstić information content (AvgIpc) is 2.62. The normalized spacial score (nSPS) is 13.9. The summed E-state index contributed by atoms with van der Waals surface area (Å²) in [6, 6.07) is 14.6. The Morgan fingerprint density at radius 2 is 1.88 bits per heavy atom. The van der Waals surface area contributed by atoms with Gasteiger partial charge in [-0.25, -0.2) is 5.43 Å². The number of nitrogens with one attached hydrogen (secondary N) is 1. The number of hydrazone groups is 1. The number of aryl methyl sites for hydroxylation is 1. The lowest BCUT2D eigenvalue weighted by Gasteiger charge is -2.18. The molecule has 0 radical (unpaired) electrons. The summed E-state index contributed by atoms with van der Waals surface area (Å²) in [5, 5.41) is 4.10. The summed E-state index contributed by atoms with van der Waals surface area (Å²) >= 11 is 0. The van der Waals surface area contributed by atoms with Gasteiger partial charge in [0, 0.05) is 0 Å². The quantitative estimate of drug-likeness (QED) is 0.640. The van der Waals surface area contributed by atoms with Crippen LogP contribution in [0.25, 0.3) is 0 Å². The highest BCUT2D eigenvalue weighted by molar-refractivity contribution is 5.83. The predicted molar refractivity (Wildman–Crippen MR) is 103 cm³/mol. The fourth-order valence-electron chi connectivity index (χ4n) is 3.38. The lowest BCUT2D eigenvalue weighted by atomic mass is 9.87. The van der Waals surface area contributed by atoms with Crippen molar-refractivity contribution in [3.63, 3.8) is 0 Å². The highest BCUT2D eigenvalue weighted by Gasteiger charge is 2.14. The minimum atomic E-state index is -0.0611. The maximum absolute atomic E-state index is 12.2. The van der Waals surface area contributed by atoms with Gasteiger partial charge in [0.05, 0.1) is 12.6 Å². The van der Waals surface area contributed by atoms with Gasteiger partial charge in [-0.3, -0.25) is 4.79 Å². The Balaban J connectivity index is 1.58. The Bertz CT molecular complexity index is 760. The molecule has 0 bridgehead atoms. The van der Waals surface area contributed by atoms with Crippen molar-refractivity contribution in [3.8, 4) is 0 Å². The Morgan fingerprint density at radius 1 is 1.12 bits per heavy atom. The highest BCUT2D eigenvalue weighted by atomic mass is 16.2. The van der Waals surface area contributed by atoms with Gasteiger partial charge in [0.2, 0.25) is 5.91 Å². The molecule has 1 aliphatic carbocycles. The van der Waals surface area contributed by atoms with Crippen LogP contribution in [0.5, 0.6) is 0 Å². The van der Waals surface area contributed by atoms with Crippen LogP contribution in [-0.2, 0) is 24.1 Å². The molecule has 0 unspecified atom stereocenters. The van der Waals surface area contributed by atoms with E-state index in [9.17, 15) is 4.79 Å². The zero-order valence-corrected chi connectivity index (χ0v) is 15.1. The summed E-state index contributed by atoms with van der Waals surface area (Å²) in [7, 11) is 0. The van der Waals surface area contributed by atoms with E-state index < -0.39 is 0 Å². The van der Waals surface area contributed by atoms with Crippen LogP contribution in [0.3, 0.4) is 0 Å². The molecule has 1 amide bonds. The molecule has 0 saturated carbocycles. The van der Waals surface area contributed by atoms with Gasteiger partial charge in [0.1, 0.15) is 0 Å². The van der Waals surface area contributed by atoms with Gasteiger partial charge in [-0.2, -0.15) is 5.10 Å². The van der Waals surface area contributed by atoms with Crippen LogP contribution in [0.2, 0.25) is 0 Å². The Hall–Kier alpha value is -2.42. The molecule has 0 fully saturated rings. The van der Waals surface area contributed by atoms with E-state index in [0.717, 1.165) is 24.0 Å². The first-order chi connectivity index (χ1) is 12.1. The Labute approximate surface area is 150 Å². The van der Waals surface area contributed by atoms with Crippen molar-refractivity contribution in [1.82, 2.24) is 5.43 Å². The average molecular weight is 334 g/mol. The van der Waals surface area contributed by atoms with Crippen molar-refractivity contribution in [3.05, 3.63) is 70.3 Å². The first-order valence-corrected chi connectivity index (χ1v) is 9.15. The number of fused-ring (bicyclic) bond motifs is 1. The third-order valence-corrected chi connectivity index (χ3v) is 4.85. The molecule has 1 N–H and O–H groups in total. The lowest BCUT2D eigenvalue weighted by molar-refractivity contribution is -0.120. The van der Waals surface area contributed by atoms with E-state index in [2.05, 4.69) is 54.7 Å². The number of hydrogen-bond acceptors (Lipinski definition) is 2. The van der Waals surface area contributed by atoms with E-state index in [1.54, 1.807) is 6.21 Å². The van der Waals surface area contributed by atoms with Gasteiger partial charge < -0.3 is 0 Å². The van der Waals surface area contributed by atoms with E-state index in [4.69, 9.17) is 0 Å². The van der Waals surface area contributed by atoms with Crippen LogP contribution in [-0.4, -0.2) is 12.1 Å². The van der Waals surface area contributed by atoms with Crippen LogP contribution in [0.1, 0.15) is 60.4 Å². The molecule has 3 heteroatoms. The third-order valence-electron chi connectivity index (χ3n) is 4.85. The zero-order chi connectivity index (χ0) is 17.6. The van der Waals surface area contributed by atoms with Crippen molar-refractivity contribution in [2.45, 2.75) is 51.9 Å². The molecular formula is C22H26N2O. The molecule has 0 spiro atoms. The number of carbonyl (C=O) groups excluding carboxylic acids is 1. The minimum absolute atomic E-state index is 0.0611. The van der Waals surface area contributed by atoms with Gasteiger partial charge in [-0.1, -0.05) is 56.3 Å². The standard InChI is InChI=1S/C22H26N2O/c1-16(2)18-12-10-17(11-13-18)15-23-24-22(25)14-20-8-5-7-19-6-3-4-9-21(19)20/h5,7-8,10-13,15-16H,3-4,6,9,14H2,1-2H3,(H,24,25)/b23-15+. The van der Waals surface area contributed by atoms with E-state index >= 15 is 0 Å². The molecule has 0 atom stereocenters. The van der Waals surface area contributed by atoms with Crippen molar-refractivity contribution in [2.24, 2.45) is 5.10 Å². The summed E-state index contributed by atoms with van der Waals surface area (Å²) in [6.45, 7) is 4.34. The minimum Gasteiger partial charge on any atom is -0.273 e. The van der Waals surface area contributed by atoms with E-state index in [0.29, 0.717) is 12.3 Å². The summed E-state index contributed by atoms with van der Waals surface area (Å²) in [4.78, 5) is 12.2. The lowest BCUT2D eigenvalue weighted by Crippen LogP contribution is -2.21. The SMILES string of the molecule is CC(C)c1ccc(/C=N/NC(=O)Cc2cccc3c2CCCC3)cc1. The largest absolute Gasteiger partial charge is 0.273 e. The fraction of sp³-hybridized carbons (Fsp3) is 0.364. The second-order valence-electron chi connectivity index (χ2n) is 7.05. The predicted octanol–water partition coefficient (Wildman–Crippen LogP) is 4.38. The van der Waals surface area contributed by atoms with Crippen LogP contribution < -0.4 is 5.43 Å². The molecule has 3 nitrogen and oxygen atoms in total. The fourth-order valence-corrected chi connectivity index (χ4v) is 3.38. The van der Waals surface area contributed by atoms with Crippen LogP contribution >= 0.6 is 0 Å². The van der Waals surface area contributed by atoms with Crippen molar-refractivity contribution >= 4 is 12.1 Å². The zero-order valence-electron chi connectivity index (χ0n) is 15.1. The monoisotopic (exact) mass is 334 g/mol. The van der Waals surface area contributed by atoms with Gasteiger partial charge in [-0.05, 0) is 59.4 Å². The number of amides is 1. The van der Waals surface area contributed by atoms with E-state index in [1.807, 2.05) is 12.1 Å². The number of hydrogen-bond donors (Lipinski definition) is 1. The molecule has 2 aromatic carbocycles. The number of rotatable bonds is 5. The summed E-state index contributed by atoms with van der Waals surface area (Å²) < 4.78 is 0. The molecule has 0 aliphatic heterocycles. The van der Waals surface area contributed by atoms with Crippen molar-refractivity contribution in [2.75, 3.05) is 0 Å². The maximum atomic E-state index is 12.2. The molecule has 2 aromatic rings. The Kier molecular flexibility index (Phi) is 5.64. The second-order valence-corrected chi connectivity index (χ2v) is 7.05. The number of carbonyl (C=O) groups is 1. The Morgan fingerprint density at radius 3 is 2.64 bits per heavy atom. The molecule has 1 aliphatic rings. The summed E-state index contributed by atoms with van der Waals surface area (Å²) in [5.74, 6) is 0.455. The highest BCUT2D eigenvalue weighted by Crippen LogP contribution is 2.24. The van der Waals surface area contributed by atoms with Crippen LogP contribution in [0.15, 0.2) is 47.6 Å². The topological polar surface area (TPSA) is 41.5 Å². The molecule has 0 aromatic heterocycles. The van der Waals surface area contributed by atoms with Crippen molar-refractivity contribution < 1.29 is 4.79 Å². The molecule has 25 heavy (non-hydrogen) atoms. The number of benzene rings is 2. The first-order valence-electron chi connectivity index (χ1n) is 9.15. The molecular weight excluding hydrogens is 308 g/mol. The van der Waals surface area contributed by atoms with Crippen LogP contribution in [0, 0.1) is 0 Å². The molecule has 0 heterocycles. The summed E-state index contributed by atoms with van der Waals surface area (Å²) in [6.07, 6.45) is 6.79. The first kappa shape index (κ1) is 17.4. The maximum Gasteiger partial charge on any atom is 0.244 e. The molecule has 0 saturated heterocycles. The van der Waals surface area contributed by atoms with E-state index in [1.165, 1.54) is 29.5 Å². The second kappa shape index (κ2) is 8.11. The number of nitrogens with zero attached hydrogens (tertiary/aromatic N) is 1. The summed E-state index contributed by atoms with van der Waals surface area (Å²) in [5.41, 5.74) is 8.87. The van der Waals surface area contributed by atoms with Crippen LogP contribution in [0.4, 0.5) is 0 Å². The molecule has 3 rings (SSSR count). The third kappa shape index (κ3) is 4.56. The van der Waals surface area contributed by atoms with E-state index in [-0.39, 0.29) is 5.91 Å².